The molecule has 0 aromatic rings. The van der Waals surface area contributed by atoms with Gasteiger partial charge in [-0.05, 0) is 19.8 Å². The van der Waals surface area contributed by atoms with Gasteiger partial charge in [-0.3, -0.25) is 0 Å². The van der Waals surface area contributed by atoms with E-state index >= 15 is 0 Å². The summed E-state index contributed by atoms with van der Waals surface area (Å²) in [4.78, 5) is 0. The van der Waals surface area contributed by atoms with Crippen LogP contribution in [0.4, 0.5) is 0 Å². The lowest BCUT2D eigenvalue weighted by atomic mass is 10.2. The summed E-state index contributed by atoms with van der Waals surface area (Å²) >= 11 is 0. The van der Waals surface area contributed by atoms with Crippen LogP contribution in [0.2, 0.25) is 0 Å². The topological polar surface area (TPSA) is 63.4 Å². The number of rotatable bonds is 3. The molecule has 4 nitrogen and oxygen atoms in total. The summed E-state index contributed by atoms with van der Waals surface area (Å²) in [6.07, 6.45) is 1.86. The van der Waals surface area contributed by atoms with Gasteiger partial charge in [0, 0.05) is 19.1 Å². The van der Waals surface area contributed by atoms with Crippen LogP contribution in [0.3, 0.4) is 0 Å². The average molecular weight is 192 g/mol. The second-order valence-corrected chi connectivity index (χ2v) is 5.25. The van der Waals surface area contributed by atoms with Crippen molar-refractivity contribution in [2.45, 2.75) is 25.8 Å². The first kappa shape index (κ1) is 9.95. The van der Waals surface area contributed by atoms with Crippen molar-refractivity contribution in [3.8, 4) is 0 Å². The fourth-order valence-corrected chi connectivity index (χ4v) is 2.96. The van der Waals surface area contributed by atoms with Crippen molar-refractivity contribution in [2.75, 3.05) is 18.8 Å². The molecular formula is C7H16N2O2S. The molecule has 2 N–H and O–H groups in total. The highest BCUT2D eigenvalue weighted by atomic mass is 32.2. The van der Waals surface area contributed by atoms with Gasteiger partial charge in [-0.15, -0.1) is 0 Å². The second kappa shape index (κ2) is 3.72. The minimum atomic E-state index is -3.01. The summed E-state index contributed by atoms with van der Waals surface area (Å²) in [5, 5.41) is 0. The molecule has 5 heteroatoms. The lowest BCUT2D eigenvalue weighted by Crippen LogP contribution is -2.40. The average Bonchev–Trinajstić information content (AvgIpc) is 2.52. The normalized spacial score (nSPS) is 26.3. The Hall–Kier alpha value is -0.130. The first-order chi connectivity index (χ1) is 5.61. The van der Waals surface area contributed by atoms with Crippen molar-refractivity contribution in [3.05, 3.63) is 0 Å². The molecule has 72 valence electrons. The maximum atomic E-state index is 11.4. The minimum absolute atomic E-state index is 0.0509. The largest absolute Gasteiger partial charge is 0.329 e. The fourth-order valence-electron chi connectivity index (χ4n) is 1.58. The zero-order valence-electron chi connectivity index (χ0n) is 7.36. The van der Waals surface area contributed by atoms with Crippen LogP contribution in [0.25, 0.3) is 0 Å². The highest BCUT2D eigenvalue weighted by Crippen LogP contribution is 2.19. The fraction of sp³-hybridized carbons (Fsp3) is 1.00. The Balaban J connectivity index is 2.74. The lowest BCUT2D eigenvalue weighted by Gasteiger charge is -2.21. The summed E-state index contributed by atoms with van der Waals surface area (Å²) < 4.78 is 24.4. The molecule has 0 aromatic heterocycles. The zero-order valence-corrected chi connectivity index (χ0v) is 8.18. The van der Waals surface area contributed by atoms with Crippen LogP contribution >= 0.6 is 0 Å². The van der Waals surface area contributed by atoms with Crippen molar-refractivity contribution < 1.29 is 8.42 Å². The van der Waals surface area contributed by atoms with E-state index in [9.17, 15) is 8.42 Å². The maximum Gasteiger partial charge on any atom is 0.214 e. The third-order valence-electron chi connectivity index (χ3n) is 2.32. The minimum Gasteiger partial charge on any atom is -0.329 e. The molecule has 1 rings (SSSR count). The number of hydrogen-bond donors (Lipinski definition) is 1. The van der Waals surface area contributed by atoms with Crippen LogP contribution in [0.1, 0.15) is 19.8 Å². The molecule has 0 aliphatic carbocycles. The predicted molar refractivity (Wildman–Crippen MR) is 48.2 cm³/mol. The first-order valence-electron chi connectivity index (χ1n) is 4.31. The smallest absolute Gasteiger partial charge is 0.214 e. The van der Waals surface area contributed by atoms with Gasteiger partial charge in [0.05, 0.1) is 5.75 Å². The van der Waals surface area contributed by atoms with E-state index in [-0.39, 0.29) is 11.8 Å². The Labute approximate surface area is 73.8 Å². The van der Waals surface area contributed by atoms with Crippen molar-refractivity contribution in [3.63, 3.8) is 0 Å². The van der Waals surface area contributed by atoms with E-state index < -0.39 is 10.0 Å². The third-order valence-corrected chi connectivity index (χ3v) is 4.24. The summed E-state index contributed by atoms with van der Waals surface area (Å²) in [6, 6.07) is 0.0509. The highest BCUT2D eigenvalue weighted by Gasteiger charge is 2.31. The summed E-state index contributed by atoms with van der Waals surface area (Å²) in [5.41, 5.74) is 5.47. The zero-order chi connectivity index (χ0) is 9.19. The van der Waals surface area contributed by atoms with E-state index in [0.29, 0.717) is 13.1 Å². The SMILES string of the molecule is CCS(=O)(=O)N1CCCC1CN. The number of nitrogens with two attached hydrogens (primary N) is 1. The molecule has 1 aliphatic heterocycles. The van der Waals surface area contributed by atoms with E-state index in [1.54, 1.807) is 11.2 Å². The third kappa shape index (κ3) is 1.78. The summed E-state index contributed by atoms with van der Waals surface area (Å²) in [6.45, 7) is 2.76. The van der Waals surface area contributed by atoms with Crippen LogP contribution in [-0.4, -0.2) is 37.6 Å². The molecule has 1 heterocycles. The molecule has 1 aliphatic rings. The molecule has 0 bridgehead atoms. The lowest BCUT2D eigenvalue weighted by molar-refractivity contribution is 0.394. The van der Waals surface area contributed by atoms with E-state index in [4.69, 9.17) is 5.73 Å². The van der Waals surface area contributed by atoms with Crippen LogP contribution in [0, 0.1) is 0 Å². The Morgan fingerprint density at radius 2 is 2.25 bits per heavy atom. The maximum absolute atomic E-state index is 11.4. The first-order valence-corrected chi connectivity index (χ1v) is 5.92. The standard InChI is InChI=1S/C7H16N2O2S/c1-2-12(10,11)9-5-3-4-7(9)6-8/h7H,2-6,8H2,1H3. The molecular weight excluding hydrogens is 176 g/mol. The van der Waals surface area contributed by atoms with Crippen molar-refractivity contribution in [2.24, 2.45) is 5.73 Å². The van der Waals surface area contributed by atoms with Gasteiger partial charge in [-0.2, -0.15) is 4.31 Å². The molecule has 0 radical (unpaired) electrons. The van der Waals surface area contributed by atoms with E-state index in [2.05, 4.69) is 0 Å². The van der Waals surface area contributed by atoms with Gasteiger partial charge in [-0.1, -0.05) is 0 Å². The molecule has 1 atom stereocenters. The summed E-state index contributed by atoms with van der Waals surface area (Å²) in [5.74, 6) is 0.184. The van der Waals surface area contributed by atoms with Gasteiger partial charge in [-0.25, -0.2) is 8.42 Å². The Morgan fingerprint density at radius 3 is 2.75 bits per heavy atom. The quantitative estimate of drug-likeness (QED) is 0.671. The Morgan fingerprint density at radius 1 is 1.58 bits per heavy atom. The van der Waals surface area contributed by atoms with Gasteiger partial charge in [0.25, 0.3) is 0 Å². The molecule has 0 saturated carbocycles. The van der Waals surface area contributed by atoms with Gasteiger partial charge >= 0.3 is 0 Å². The number of nitrogens with zero attached hydrogens (tertiary/aromatic N) is 1. The van der Waals surface area contributed by atoms with Gasteiger partial charge < -0.3 is 5.73 Å². The van der Waals surface area contributed by atoms with E-state index in [0.717, 1.165) is 12.8 Å². The van der Waals surface area contributed by atoms with Crippen molar-refractivity contribution >= 4 is 10.0 Å². The van der Waals surface area contributed by atoms with Gasteiger partial charge in [0.2, 0.25) is 10.0 Å². The van der Waals surface area contributed by atoms with Gasteiger partial charge in [0.1, 0.15) is 0 Å². The van der Waals surface area contributed by atoms with Crippen molar-refractivity contribution in [1.29, 1.82) is 0 Å². The molecule has 1 unspecified atom stereocenters. The van der Waals surface area contributed by atoms with E-state index in [1.807, 2.05) is 0 Å². The van der Waals surface area contributed by atoms with Gasteiger partial charge in [0.15, 0.2) is 0 Å². The van der Waals surface area contributed by atoms with Crippen LogP contribution in [-0.2, 0) is 10.0 Å². The molecule has 1 saturated heterocycles. The number of sulfonamides is 1. The number of hydrogen-bond acceptors (Lipinski definition) is 3. The molecule has 0 amide bonds. The highest BCUT2D eigenvalue weighted by molar-refractivity contribution is 7.89. The Kier molecular flexibility index (Phi) is 3.09. The molecule has 12 heavy (non-hydrogen) atoms. The van der Waals surface area contributed by atoms with E-state index in [1.165, 1.54) is 0 Å². The van der Waals surface area contributed by atoms with Crippen LogP contribution in [0.15, 0.2) is 0 Å². The van der Waals surface area contributed by atoms with Crippen molar-refractivity contribution in [1.82, 2.24) is 4.31 Å². The van der Waals surface area contributed by atoms with Crippen LogP contribution < -0.4 is 5.73 Å². The molecule has 0 spiro atoms. The monoisotopic (exact) mass is 192 g/mol. The predicted octanol–water partition coefficient (Wildman–Crippen LogP) is -0.241. The second-order valence-electron chi connectivity index (χ2n) is 3.04. The molecule has 0 aromatic carbocycles. The summed E-state index contributed by atoms with van der Waals surface area (Å²) in [7, 11) is -3.01. The van der Waals surface area contributed by atoms with Crippen LogP contribution in [0.5, 0.6) is 0 Å². The molecule has 1 fully saturated rings. The Bertz CT molecular complexity index is 238.